The van der Waals surface area contributed by atoms with E-state index < -0.39 is 0 Å². The summed E-state index contributed by atoms with van der Waals surface area (Å²) in [5.41, 5.74) is 3.15. The Morgan fingerprint density at radius 3 is 2.64 bits per heavy atom. The Labute approximate surface area is 86.7 Å². The van der Waals surface area contributed by atoms with Crippen LogP contribution in [0.3, 0.4) is 0 Å². The van der Waals surface area contributed by atoms with E-state index in [1.54, 1.807) is 11.3 Å². The molecular weight excluding hydrogens is 172 g/mol. The van der Waals surface area contributed by atoms with Crippen LogP contribution in [0.4, 0.5) is 0 Å². The third-order valence-electron chi connectivity index (χ3n) is 3.24. The summed E-state index contributed by atoms with van der Waals surface area (Å²) in [5.74, 6) is 0.657. The first-order chi connectivity index (χ1) is 6.61. The lowest BCUT2D eigenvalue weighted by Gasteiger charge is -2.10. The standard InChI is InChI=1S/C12H21N2/c1-8(2)10-7-14(9(3)4)11-5-6-13-12(10)11/h7-9,12-13H,5-6H2,1-4H3/q+1. The van der Waals surface area contributed by atoms with Gasteiger partial charge in [-0.05, 0) is 19.8 Å². The number of fused-ring (bicyclic) bond motifs is 1. The van der Waals surface area contributed by atoms with E-state index >= 15 is 0 Å². The van der Waals surface area contributed by atoms with Gasteiger partial charge in [0.05, 0.1) is 0 Å². The molecule has 0 spiro atoms. The molecule has 0 amide bonds. The molecule has 0 radical (unpaired) electrons. The first kappa shape index (κ1) is 9.91. The van der Waals surface area contributed by atoms with E-state index in [0.29, 0.717) is 18.0 Å². The molecule has 1 unspecified atom stereocenters. The largest absolute Gasteiger partial charge is 0.301 e. The molecule has 2 rings (SSSR count). The molecule has 1 N–H and O–H groups in total. The minimum atomic E-state index is 0.553. The molecule has 2 aliphatic rings. The average molecular weight is 193 g/mol. The van der Waals surface area contributed by atoms with Crippen LogP contribution in [0.1, 0.15) is 34.1 Å². The fourth-order valence-corrected chi connectivity index (χ4v) is 2.48. The van der Waals surface area contributed by atoms with Crippen LogP contribution in [0.15, 0.2) is 11.8 Å². The van der Waals surface area contributed by atoms with E-state index in [4.69, 9.17) is 0 Å². The lowest BCUT2D eigenvalue weighted by molar-refractivity contribution is -0.490. The van der Waals surface area contributed by atoms with Crippen molar-refractivity contribution in [2.45, 2.75) is 46.2 Å². The van der Waals surface area contributed by atoms with E-state index in [-0.39, 0.29) is 0 Å². The maximum atomic E-state index is 3.59. The summed E-state index contributed by atoms with van der Waals surface area (Å²) >= 11 is 0. The molecule has 14 heavy (non-hydrogen) atoms. The first-order valence-corrected chi connectivity index (χ1v) is 5.70. The maximum Gasteiger partial charge on any atom is 0.180 e. The van der Waals surface area contributed by atoms with Crippen molar-refractivity contribution in [1.29, 1.82) is 0 Å². The predicted octanol–water partition coefficient (Wildman–Crippen LogP) is 1.76. The van der Waals surface area contributed by atoms with Gasteiger partial charge in [-0.3, -0.25) is 0 Å². The van der Waals surface area contributed by atoms with Gasteiger partial charge in [0, 0.05) is 18.5 Å². The molecule has 0 aromatic heterocycles. The minimum Gasteiger partial charge on any atom is -0.301 e. The smallest absolute Gasteiger partial charge is 0.180 e. The van der Waals surface area contributed by atoms with Crippen LogP contribution in [-0.4, -0.2) is 28.9 Å². The van der Waals surface area contributed by atoms with Crippen molar-refractivity contribution in [3.05, 3.63) is 11.8 Å². The second-order valence-electron chi connectivity index (χ2n) is 4.91. The van der Waals surface area contributed by atoms with Crippen molar-refractivity contribution in [3.63, 3.8) is 0 Å². The number of hydrogen-bond donors (Lipinski definition) is 1. The zero-order chi connectivity index (χ0) is 10.3. The lowest BCUT2D eigenvalue weighted by atomic mass is 9.97. The van der Waals surface area contributed by atoms with Gasteiger partial charge in [-0.2, -0.15) is 0 Å². The summed E-state index contributed by atoms with van der Waals surface area (Å²) in [7, 11) is 0. The zero-order valence-electron chi connectivity index (χ0n) is 9.67. The van der Waals surface area contributed by atoms with Gasteiger partial charge >= 0.3 is 0 Å². The summed E-state index contributed by atoms with van der Waals surface area (Å²) in [6.45, 7) is 10.2. The molecule has 1 atom stereocenters. The van der Waals surface area contributed by atoms with Crippen molar-refractivity contribution in [2.24, 2.45) is 5.92 Å². The molecular formula is C12H21N2+. The highest BCUT2D eigenvalue weighted by Crippen LogP contribution is 2.25. The number of hydrogen-bond acceptors (Lipinski definition) is 1. The third-order valence-corrected chi connectivity index (χ3v) is 3.24. The number of nitrogens with zero attached hydrogens (tertiary/aromatic N) is 1. The van der Waals surface area contributed by atoms with Crippen LogP contribution in [0.2, 0.25) is 0 Å². The Kier molecular flexibility index (Phi) is 2.48. The Morgan fingerprint density at radius 1 is 1.36 bits per heavy atom. The Hall–Kier alpha value is -0.630. The third kappa shape index (κ3) is 1.42. The van der Waals surface area contributed by atoms with Gasteiger partial charge in [0.15, 0.2) is 18.0 Å². The van der Waals surface area contributed by atoms with Gasteiger partial charge in [-0.25, -0.2) is 4.58 Å². The second-order valence-corrected chi connectivity index (χ2v) is 4.91. The van der Waals surface area contributed by atoms with Gasteiger partial charge in [0.1, 0.15) is 6.04 Å². The van der Waals surface area contributed by atoms with Gasteiger partial charge in [-0.15, -0.1) is 0 Å². The SMILES string of the molecule is CC(C)C1=C[N+](C(C)C)=C2CCNC12. The summed E-state index contributed by atoms with van der Waals surface area (Å²) < 4.78 is 2.46. The first-order valence-electron chi connectivity index (χ1n) is 5.70. The van der Waals surface area contributed by atoms with E-state index in [1.807, 2.05) is 0 Å². The highest BCUT2D eigenvalue weighted by molar-refractivity contribution is 5.92. The highest BCUT2D eigenvalue weighted by atomic mass is 15.1. The van der Waals surface area contributed by atoms with Gasteiger partial charge < -0.3 is 5.32 Å². The molecule has 0 aromatic carbocycles. The second kappa shape index (κ2) is 3.50. The topological polar surface area (TPSA) is 15.0 Å². The van der Waals surface area contributed by atoms with Crippen LogP contribution in [0, 0.1) is 5.92 Å². The van der Waals surface area contributed by atoms with E-state index in [9.17, 15) is 0 Å². The maximum absolute atomic E-state index is 3.59. The Bertz CT molecular complexity index is 297. The molecule has 1 saturated heterocycles. The van der Waals surface area contributed by atoms with E-state index in [0.717, 1.165) is 6.54 Å². The quantitative estimate of drug-likeness (QED) is 0.660. The molecule has 2 aliphatic heterocycles. The normalized spacial score (nSPS) is 26.4. The molecule has 0 aromatic rings. The van der Waals surface area contributed by atoms with Crippen LogP contribution in [0.25, 0.3) is 0 Å². The lowest BCUT2D eigenvalue weighted by Crippen LogP contribution is -2.31. The van der Waals surface area contributed by atoms with Gasteiger partial charge in [0.2, 0.25) is 0 Å². The predicted molar refractivity (Wildman–Crippen MR) is 59.7 cm³/mol. The molecule has 0 saturated carbocycles. The van der Waals surface area contributed by atoms with Crippen molar-refractivity contribution >= 4 is 5.71 Å². The van der Waals surface area contributed by atoms with Crippen molar-refractivity contribution in [2.75, 3.05) is 6.54 Å². The van der Waals surface area contributed by atoms with Crippen LogP contribution in [-0.2, 0) is 0 Å². The monoisotopic (exact) mass is 193 g/mol. The summed E-state index contributed by atoms with van der Waals surface area (Å²) in [4.78, 5) is 0. The van der Waals surface area contributed by atoms with Crippen molar-refractivity contribution < 1.29 is 4.58 Å². The van der Waals surface area contributed by atoms with Crippen molar-refractivity contribution in [1.82, 2.24) is 5.32 Å². The Balaban J connectivity index is 2.33. The van der Waals surface area contributed by atoms with Crippen LogP contribution in [0.5, 0.6) is 0 Å². The summed E-state index contributed by atoms with van der Waals surface area (Å²) in [6, 6.07) is 1.15. The molecule has 78 valence electrons. The fraction of sp³-hybridized carbons (Fsp3) is 0.750. The molecule has 0 bridgehead atoms. The van der Waals surface area contributed by atoms with E-state index in [1.165, 1.54) is 6.42 Å². The van der Waals surface area contributed by atoms with Crippen LogP contribution >= 0.6 is 0 Å². The van der Waals surface area contributed by atoms with E-state index in [2.05, 4.69) is 43.8 Å². The molecule has 1 fully saturated rings. The minimum absolute atomic E-state index is 0.553. The van der Waals surface area contributed by atoms with Gasteiger partial charge in [0.25, 0.3) is 0 Å². The molecule has 0 aliphatic carbocycles. The highest BCUT2D eigenvalue weighted by Gasteiger charge is 2.40. The zero-order valence-corrected chi connectivity index (χ0v) is 9.67. The Morgan fingerprint density at radius 2 is 2.07 bits per heavy atom. The number of rotatable bonds is 2. The number of nitrogens with one attached hydrogen (secondary N) is 1. The molecule has 2 heterocycles. The molecule has 2 nitrogen and oxygen atoms in total. The average Bonchev–Trinajstić information content (AvgIpc) is 2.59. The summed E-state index contributed by atoms with van der Waals surface area (Å²) in [5, 5.41) is 3.59. The fourth-order valence-electron chi connectivity index (χ4n) is 2.48. The van der Waals surface area contributed by atoms with Gasteiger partial charge in [-0.1, -0.05) is 13.8 Å². The summed E-state index contributed by atoms with van der Waals surface area (Å²) in [6.07, 6.45) is 3.58. The van der Waals surface area contributed by atoms with Crippen molar-refractivity contribution in [3.8, 4) is 0 Å². The molecule has 2 heteroatoms. The van der Waals surface area contributed by atoms with Crippen LogP contribution < -0.4 is 5.32 Å².